The average Bonchev–Trinajstić information content (AvgIpc) is 2.29. The summed E-state index contributed by atoms with van der Waals surface area (Å²) >= 11 is 0. The highest BCUT2D eigenvalue weighted by molar-refractivity contribution is 6.00. The number of rotatable bonds is 2. The lowest BCUT2D eigenvalue weighted by atomic mass is 9.94. The summed E-state index contributed by atoms with van der Waals surface area (Å²) in [5, 5.41) is 10.9. The van der Waals surface area contributed by atoms with E-state index in [1.165, 1.54) is 18.3 Å². The lowest BCUT2D eigenvalue weighted by Crippen LogP contribution is -2.39. The maximum absolute atomic E-state index is 11.5. The molecule has 6 heteroatoms. The summed E-state index contributed by atoms with van der Waals surface area (Å²) in [6.45, 7) is 0. The molecule has 1 saturated heterocycles. The second kappa shape index (κ2) is 4.32. The first-order valence-corrected chi connectivity index (χ1v) is 5.11. The van der Waals surface area contributed by atoms with Crippen molar-refractivity contribution < 1.29 is 19.5 Å². The second-order valence-corrected chi connectivity index (χ2v) is 3.78. The van der Waals surface area contributed by atoms with Gasteiger partial charge in [-0.1, -0.05) is 0 Å². The molecular weight excluding hydrogens is 224 g/mol. The van der Waals surface area contributed by atoms with Crippen LogP contribution in [0.25, 0.3) is 0 Å². The third-order valence-electron chi connectivity index (χ3n) is 2.63. The molecule has 17 heavy (non-hydrogen) atoms. The van der Waals surface area contributed by atoms with Crippen LogP contribution in [0.3, 0.4) is 0 Å². The van der Waals surface area contributed by atoms with Gasteiger partial charge in [-0.25, -0.2) is 4.79 Å². The van der Waals surface area contributed by atoms with Gasteiger partial charge in [0.1, 0.15) is 0 Å². The molecule has 0 aromatic carbocycles. The third-order valence-corrected chi connectivity index (χ3v) is 2.63. The molecule has 1 unspecified atom stereocenters. The minimum absolute atomic E-state index is 0.0704. The molecule has 2 N–H and O–H groups in total. The fourth-order valence-corrected chi connectivity index (χ4v) is 1.71. The van der Waals surface area contributed by atoms with E-state index >= 15 is 0 Å². The van der Waals surface area contributed by atoms with E-state index < -0.39 is 11.9 Å². The van der Waals surface area contributed by atoms with Crippen molar-refractivity contribution in [3.8, 4) is 0 Å². The highest BCUT2D eigenvalue weighted by atomic mass is 16.4. The number of hydrogen-bond donors (Lipinski definition) is 2. The van der Waals surface area contributed by atoms with Crippen LogP contribution in [-0.4, -0.2) is 27.9 Å². The molecule has 2 rings (SSSR count). The van der Waals surface area contributed by atoms with E-state index in [1.807, 2.05) is 0 Å². The number of carboxylic acids is 1. The smallest absolute Gasteiger partial charge is 0.337 e. The molecule has 1 aliphatic heterocycles. The van der Waals surface area contributed by atoms with Gasteiger partial charge < -0.3 is 5.11 Å². The van der Waals surface area contributed by atoms with Crippen LogP contribution in [0.15, 0.2) is 18.3 Å². The number of carboxylic acid groups (broad SMARTS) is 1. The first-order valence-electron chi connectivity index (χ1n) is 5.11. The molecule has 1 aliphatic rings. The van der Waals surface area contributed by atoms with Crippen molar-refractivity contribution in [2.75, 3.05) is 0 Å². The van der Waals surface area contributed by atoms with E-state index in [0.29, 0.717) is 12.1 Å². The van der Waals surface area contributed by atoms with Crippen LogP contribution >= 0.6 is 0 Å². The number of carbonyl (C=O) groups is 3. The maximum atomic E-state index is 11.5. The molecule has 6 nitrogen and oxygen atoms in total. The normalized spacial score (nSPS) is 19.9. The van der Waals surface area contributed by atoms with Crippen molar-refractivity contribution in [1.82, 2.24) is 10.3 Å². The fraction of sp³-hybridized carbons (Fsp3) is 0.273. The van der Waals surface area contributed by atoms with E-state index in [2.05, 4.69) is 10.3 Å². The summed E-state index contributed by atoms with van der Waals surface area (Å²) in [4.78, 5) is 37.1. The molecule has 0 aliphatic carbocycles. The Morgan fingerprint density at radius 1 is 1.41 bits per heavy atom. The quantitative estimate of drug-likeness (QED) is 0.717. The molecule has 0 radical (unpaired) electrons. The molecule has 2 heterocycles. The standard InChI is InChI=1S/C11H10N2O4/c14-9-4-2-7(10(15)13-9)8-3-1-6(5-12-8)11(16)17/h1,3,5,7H,2,4H2,(H,16,17)(H,13,14,15). The number of aromatic carboxylic acids is 1. The Balaban J connectivity index is 2.20. The maximum Gasteiger partial charge on any atom is 0.337 e. The highest BCUT2D eigenvalue weighted by Gasteiger charge is 2.28. The number of hydrogen-bond acceptors (Lipinski definition) is 4. The minimum Gasteiger partial charge on any atom is -0.478 e. The first kappa shape index (κ1) is 11.3. The number of nitrogens with one attached hydrogen (secondary N) is 1. The van der Waals surface area contributed by atoms with E-state index in [9.17, 15) is 14.4 Å². The summed E-state index contributed by atoms with van der Waals surface area (Å²) in [5.41, 5.74) is 0.557. The molecule has 88 valence electrons. The zero-order valence-electron chi connectivity index (χ0n) is 8.84. The molecular formula is C11H10N2O4. The topological polar surface area (TPSA) is 96.4 Å². The van der Waals surface area contributed by atoms with Gasteiger partial charge in [0, 0.05) is 12.6 Å². The predicted molar refractivity (Wildman–Crippen MR) is 56.3 cm³/mol. The highest BCUT2D eigenvalue weighted by Crippen LogP contribution is 2.22. The van der Waals surface area contributed by atoms with Gasteiger partial charge in [0.05, 0.1) is 17.2 Å². The Morgan fingerprint density at radius 2 is 2.18 bits per heavy atom. The van der Waals surface area contributed by atoms with Crippen LogP contribution < -0.4 is 5.32 Å². The zero-order chi connectivity index (χ0) is 12.4. The molecule has 0 bridgehead atoms. The summed E-state index contributed by atoms with van der Waals surface area (Å²) in [6.07, 6.45) is 1.89. The molecule has 1 fully saturated rings. The van der Waals surface area contributed by atoms with Gasteiger partial charge in [0.2, 0.25) is 11.8 Å². The lowest BCUT2D eigenvalue weighted by molar-refractivity contribution is -0.134. The van der Waals surface area contributed by atoms with Crippen LogP contribution in [0.2, 0.25) is 0 Å². The van der Waals surface area contributed by atoms with Gasteiger partial charge in [0.25, 0.3) is 0 Å². The van der Waals surface area contributed by atoms with Crippen molar-refractivity contribution in [2.45, 2.75) is 18.8 Å². The van der Waals surface area contributed by atoms with Crippen LogP contribution in [0.1, 0.15) is 34.8 Å². The van der Waals surface area contributed by atoms with Crippen LogP contribution in [0.5, 0.6) is 0 Å². The number of pyridine rings is 1. The second-order valence-electron chi connectivity index (χ2n) is 3.78. The van der Waals surface area contributed by atoms with Gasteiger partial charge in [-0.2, -0.15) is 0 Å². The van der Waals surface area contributed by atoms with Crippen molar-refractivity contribution in [1.29, 1.82) is 0 Å². The first-order chi connectivity index (χ1) is 8.08. The largest absolute Gasteiger partial charge is 0.478 e. The summed E-state index contributed by atoms with van der Waals surface area (Å²) < 4.78 is 0. The Labute approximate surface area is 96.7 Å². The van der Waals surface area contributed by atoms with Crippen LogP contribution in [-0.2, 0) is 9.59 Å². The third kappa shape index (κ3) is 2.30. The zero-order valence-corrected chi connectivity index (χ0v) is 8.84. The molecule has 0 saturated carbocycles. The van der Waals surface area contributed by atoms with Crippen LogP contribution in [0.4, 0.5) is 0 Å². The number of amides is 2. The number of piperidine rings is 1. The molecule has 1 aromatic heterocycles. The SMILES string of the molecule is O=C1CCC(c2ccc(C(=O)O)cn2)C(=O)N1. The number of nitrogens with zero attached hydrogens (tertiary/aromatic N) is 1. The van der Waals surface area contributed by atoms with Crippen molar-refractivity contribution in [2.24, 2.45) is 0 Å². The summed E-state index contributed by atoms with van der Waals surface area (Å²) in [5.74, 6) is -2.20. The summed E-state index contributed by atoms with van der Waals surface area (Å²) in [6, 6.07) is 2.90. The number of aromatic nitrogens is 1. The molecule has 1 atom stereocenters. The molecule has 0 spiro atoms. The van der Waals surface area contributed by atoms with E-state index in [-0.39, 0.29) is 23.8 Å². The predicted octanol–water partition coefficient (Wildman–Crippen LogP) is 0.300. The van der Waals surface area contributed by atoms with Crippen molar-refractivity contribution in [3.63, 3.8) is 0 Å². The monoisotopic (exact) mass is 234 g/mol. The molecule has 2 amide bonds. The van der Waals surface area contributed by atoms with Gasteiger partial charge in [-0.3, -0.25) is 19.9 Å². The van der Waals surface area contributed by atoms with Crippen LogP contribution in [0, 0.1) is 0 Å². The van der Waals surface area contributed by atoms with Crippen molar-refractivity contribution >= 4 is 17.8 Å². The summed E-state index contributed by atoms with van der Waals surface area (Å²) in [7, 11) is 0. The Hall–Kier alpha value is -2.24. The number of imide groups is 1. The Bertz CT molecular complexity index is 481. The average molecular weight is 234 g/mol. The Kier molecular flexibility index (Phi) is 2.86. The van der Waals surface area contributed by atoms with E-state index in [0.717, 1.165) is 0 Å². The Morgan fingerprint density at radius 3 is 2.71 bits per heavy atom. The van der Waals surface area contributed by atoms with E-state index in [1.54, 1.807) is 0 Å². The van der Waals surface area contributed by atoms with Gasteiger partial charge in [-0.05, 0) is 18.6 Å². The van der Waals surface area contributed by atoms with Gasteiger partial charge >= 0.3 is 5.97 Å². The number of carbonyl (C=O) groups excluding carboxylic acids is 2. The molecule has 1 aromatic rings. The fourth-order valence-electron chi connectivity index (χ4n) is 1.71. The van der Waals surface area contributed by atoms with Gasteiger partial charge in [-0.15, -0.1) is 0 Å². The lowest BCUT2D eigenvalue weighted by Gasteiger charge is -2.20. The minimum atomic E-state index is -1.06. The van der Waals surface area contributed by atoms with Crippen molar-refractivity contribution in [3.05, 3.63) is 29.6 Å². The van der Waals surface area contributed by atoms with Gasteiger partial charge in [0.15, 0.2) is 0 Å². The van der Waals surface area contributed by atoms with E-state index in [4.69, 9.17) is 5.11 Å².